The van der Waals surface area contributed by atoms with Crippen LogP contribution >= 0.6 is 0 Å². The van der Waals surface area contributed by atoms with Crippen LogP contribution in [0.3, 0.4) is 0 Å². The summed E-state index contributed by atoms with van der Waals surface area (Å²) in [5.41, 5.74) is 2.10. The number of nitrogen functional groups attached to an aromatic ring is 1. The van der Waals surface area contributed by atoms with Crippen molar-refractivity contribution in [1.82, 2.24) is 14.1 Å². The number of fused-ring (bicyclic) bond motifs is 1. The Bertz CT molecular complexity index is 1230. The zero-order valence-electron chi connectivity index (χ0n) is 16.1. The minimum absolute atomic E-state index is 0.0769. The third kappa shape index (κ3) is 2.73. The molecule has 0 radical (unpaired) electrons. The van der Waals surface area contributed by atoms with E-state index < -0.39 is 17.1 Å². The zero-order valence-corrected chi connectivity index (χ0v) is 16.1. The van der Waals surface area contributed by atoms with Crippen LogP contribution in [0.5, 0.6) is 0 Å². The maximum atomic E-state index is 15.2. The van der Waals surface area contributed by atoms with Gasteiger partial charge in [-0.15, -0.1) is 0 Å². The molecule has 2 fully saturated rings. The highest BCUT2D eigenvalue weighted by Gasteiger charge is 2.33. The van der Waals surface area contributed by atoms with E-state index in [4.69, 9.17) is 5.84 Å². The molecule has 1 saturated heterocycles. The molecule has 1 aliphatic carbocycles. The van der Waals surface area contributed by atoms with Crippen LogP contribution < -0.4 is 22.0 Å². The molecule has 0 aromatic carbocycles. The molecular formula is C21H22FN5O2. The molecule has 2 aliphatic rings. The SMILES string of the molecule is Cc1c(N2CCC(c3ccncc3)C2)c(F)cn2c(=O)n(N)c(=O)c(C3CC3)c12. The molecule has 4 heterocycles. The molecule has 0 amide bonds. The lowest BCUT2D eigenvalue weighted by Gasteiger charge is -2.24. The first-order chi connectivity index (χ1) is 14.0. The fourth-order valence-corrected chi connectivity index (χ4v) is 4.63. The van der Waals surface area contributed by atoms with Crippen LogP contribution in [0, 0.1) is 12.7 Å². The Balaban J connectivity index is 1.66. The highest BCUT2D eigenvalue weighted by Crippen LogP contribution is 2.42. The van der Waals surface area contributed by atoms with Gasteiger partial charge in [-0.1, -0.05) is 0 Å². The predicted molar refractivity (Wildman–Crippen MR) is 109 cm³/mol. The maximum Gasteiger partial charge on any atom is 0.354 e. The number of hydrogen-bond acceptors (Lipinski definition) is 5. The molecular weight excluding hydrogens is 373 g/mol. The lowest BCUT2D eigenvalue weighted by atomic mass is 10.00. The third-order valence-corrected chi connectivity index (χ3v) is 6.20. The van der Waals surface area contributed by atoms with E-state index in [1.54, 1.807) is 19.3 Å². The van der Waals surface area contributed by atoms with Crippen molar-refractivity contribution in [2.75, 3.05) is 23.8 Å². The molecule has 5 rings (SSSR count). The van der Waals surface area contributed by atoms with Crippen LogP contribution in [-0.4, -0.2) is 27.2 Å². The predicted octanol–water partition coefficient (Wildman–Crippen LogP) is 1.89. The van der Waals surface area contributed by atoms with Gasteiger partial charge in [0.05, 0.1) is 17.4 Å². The van der Waals surface area contributed by atoms with Crippen LogP contribution in [0.2, 0.25) is 0 Å². The molecule has 1 aliphatic heterocycles. The fourth-order valence-electron chi connectivity index (χ4n) is 4.63. The first-order valence-corrected chi connectivity index (χ1v) is 9.87. The average molecular weight is 395 g/mol. The van der Waals surface area contributed by atoms with E-state index in [9.17, 15) is 9.59 Å². The van der Waals surface area contributed by atoms with E-state index in [2.05, 4.69) is 4.98 Å². The Kier molecular flexibility index (Phi) is 3.97. The van der Waals surface area contributed by atoms with Gasteiger partial charge in [0.25, 0.3) is 5.56 Å². The first-order valence-electron chi connectivity index (χ1n) is 9.87. The number of aromatic nitrogens is 3. The second-order valence-electron chi connectivity index (χ2n) is 8.03. The van der Waals surface area contributed by atoms with E-state index in [1.807, 2.05) is 17.0 Å². The summed E-state index contributed by atoms with van der Waals surface area (Å²) in [7, 11) is 0. The number of nitrogens with two attached hydrogens (primary N) is 1. The van der Waals surface area contributed by atoms with Gasteiger partial charge < -0.3 is 10.7 Å². The Morgan fingerprint density at radius 2 is 1.86 bits per heavy atom. The minimum atomic E-state index is -0.723. The summed E-state index contributed by atoms with van der Waals surface area (Å²) in [6.45, 7) is 3.17. The molecule has 3 aromatic rings. The van der Waals surface area contributed by atoms with Crippen molar-refractivity contribution in [3.63, 3.8) is 0 Å². The molecule has 1 saturated carbocycles. The summed E-state index contributed by atoms with van der Waals surface area (Å²) in [4.78, 5) is 31.3. The normalized spacial score (nSPS) is 19.2. The van der Waals surface area contributed by atoms with Gasteiger partial charge in [0.1, 0.15) is 0 Å². The summed E-state index contributed by atoms with van der Waals surface area (Å²) in [6.07, 6.45) is 7.37. The monoisotopic (exact) mass is 395 g/mol. The standard InChI is InChI=1S/C21H22FN5O2/c1-12-18(25-9-6-15(10-25)13-4-7-24-8-5-13)16(22)11-26-19(12)17(14-2-3-14)20(28)27(23)21(26)29/h4-5,7-8,11,14-15H,2-3,6,9-10,23H2,1H3. The molecule has 8 heteroatoms. The smallest absolute Gasteiger partial charge is 0.354 e. The van der Waals surface area contributed by atoms with Crippen LogP contribution in [0.15, 0.2) is 40.3 Å². The second-order valence-corrected chi connectivity index (χ2v) is 8.03. The van der Waals surface area contributed by atoms with Crippen LogP contribution in [0.4, 0.5) is 10.1 Å². The first kappa shape index (κ1) is 17.9. The van der Waals surface area contributed by atoms with E-state index in [-0.39, 0.29) is 11.8 Å². The third-order valence-electron chi connectivity index (χ3n) is 6.20. The van der Waals surface area contributed by atoms with E-state index in [0.29, 0.717) is 40.1 Å². The van der Waals surface area contributed by atoms with Gasteiger partial charge in [0.15, 0.2) is 5.82 Å². The van der Waals surface area contributed by atoms with E-state index in [0.717, 1.165) is 19.3 Å². The summed E-state index contributed by atoms with van der Waals surface area (Å²) >= 11 is 0. The number of hydrogen-bond donors (Lipinski definition) is 1. The van der Waals surface area contributed by atoms with Crippen molar-refractivity contribution in [2.45, 2.75) is 38.0 Å². The molecule has 1 atom stereocenters. The molecule has 29 heavy (non-hydrogen) atoms. The minimum Gasteiger partial charge on any atom is -0.368 e. The van der Waals surface area contributed by atoms with Gasteiger partial charge in [-0.05, 0) is 49.8 Å². The molecule has 0 spiro atoms. The van der Waals surface area contributed by atoms with Gasteiger partial charge in [-0.3, -0.25) is 14.2 Å². The lowest BCUT2D eigenvalue weighted by molar-refractivity contribution is 0.607. The number of rotatable bonds is 3. The highest BCUT2D eigenvalue weighted by atomic mass is 19.1. The molecule has 0 bridgehead atoms. The maximum absolute atomic E-state index is 15.2. The zero-order chi connectivity index (χ0) is 20.3. The average Bonchev–Trinajstić information content (AvgIpc) is 3.44. The van der Waals surface area contributed by atoms with Crippen molar-refractivity contribution < 1.29 is 4.39 Å². The Morgan fingerprint density at radius 3 is 2.55 bits per heavy atom. The number of aryl methyl sites for hydroxylation is 1. The molecule has 150 valence electrons. The lowest BCUT2D eigenvalue weighted by Crippen LogP contribution is -2.44. The van der Waals surface area contributed by atoms with Gasteiger partial charge in [0.2, 0.25) is 0 Å². The van der Waals surface area contributed by atoms with Crippen LogP contribution in [-0.2, 0) is 0 Å². The van der Waals surface area contributed by atoms with Crippen molar-refractivity contribution in [3.05, 3.63) is 74.1 Å². The number of anilines is 1. The van der Waals surface area contributed by atoms with Gasteiger partial charge in [-0.2, -0.15) is 4.68 Å². The van der Waals surface area contributed by atoms with Crippen molar-refractivity contribution in [1.29, 1.82) is 0 Å². The largest absolute Gasteiger partial charge is 0.368 e. The van der Waals surface area contributed by atoms with Gasteiger partial charge >= 0.3 is 5.69 Å². The molecule has 3 aromatic heterocycles. The number of nitrogens with zero attached hydrogens (tertiary/aromatic N) is 4. The molecule has 7 nitrogen and oxygen atoms in total. The Morgan fingerprint density at radius 1 is 1.14 bits per heavy atom. The summed E-state index contributed by atoms with van der Waals surface area (Å²) in [5.74, 6) is 5.58. The number of pyridine rings is 2. The summed E-state index contributed by atoms with van der Waals surface area (Å²) in [5, 5.41) is 0. The highest BCUT2D eigenvalue weighted by molar-refractivity contribution is 5.72. The van der Waals surface area contributed by atoms with Gasteiger partial charge in [-0.25, -0.2) is 9.18 Å². The van der Waals surface area contributed by atoms with Crippen molar-refractivity contribution in [3.8, 4) is 0 Å². The molecule has 2 N–H and O–H groups in total. The Labute approximate surface area is 166 Å². The second kappa shape index (κ2) is 6.43. The van der Waals surface area contributed by atoms with Gasteiger partial charge in [0, 0.05) is 42.5 Å². The van der Waals surface area contributed by atoms with Crippen LogP contribution in [0.25, 0.3) is 5.52 Å². The summed E-state index contributed by atoms with van der Waals surface area (Å²) in [6, 6.07) is 3.98. The quantitative estimate of drug-likeness (QED) is 0.685. The van der Waals surface area contributed by atoms with E-state index >= 15 is 4.39 Å². The number of halogens is 1. The summed E-state index contributed by atoms with van der Waals surface area (Å²) < 4.78 is 17.0. The van der Waals surface area contributed by atoms with Crippen molar-refractivity contribution in [2.24, 2.45) is 0 Å². The molecule has 1 unspecified atom stereocenters. The topological polar surface area (TPSA) is 85.6 Å². The van der Waals surface area contributed by atoms with E-state index in [1.165, 1.54) is 16.2 Å². The van der Waals surface area contributed by atoms with Crippen molar-refractivity contribution >= 4 is 11.2 Å². The van der Waals surface area contributed by atoms with Crippen LogP contribution in [0.1, 0.15) is 47.8 Å². The fraction of sp³-hybridized carbons (Fsp3) is 0.381. The Hall–Kier alpha value is -3.16.